The summed E-state index contributed by atoms with van der Waals surface area (Å²) >= 11 is 0. The summed E-state index contributed by atoms with van der Waals surface area (Å²) < 4.78 is 6.53. The summed E-state index contributed by atoms with van der Waals surface area (Å²) in [6, 6.07) is 5.86. The Bertz CT molecular complexity index is 764. The second-order valence-corrected chi connectivity index (χ2v) is 9.94. The highest BCUT2D eigenvalue weighted by atomic mass is 16.5. The van der Waals surface area contributed by atoms with Crippen molar-refractivity contribution in [3.05, 3.63) is 29.3 Å². The molecular weight excluding hydrogens is 352 g/mol. The number of piperidine rings is 1. The molecule has 1 aliphatic heterocycles. The maximum atomic E-state index is 12.4. The Hall–Kier alpha value is -1.59. The third kappa shape index (κ3) is 3.03. The number of ether oxygens (including phenoxy) is 1. The molecule has 3 N–H and O–H groups in total. The number of benzene rings is 1. The van der Waals surface area contributed by atoms with Gasteiger partial charge in [0.05, 0.1) is 19.6 Å². The minimum Gasteiger partial charge on any atom is -0.508 e. The van der Waals surface area contributed by atoms with E-state index in [4.69, 9.17) is 10.5 Å². The van der Waals surface area contributed by atoms with E-state index in [1.54, 1.807) is 0 Å². The van der Waals surface area contributed by atoms with Crippen LogP contribution < -0.4 is 5.73 Å². The Balaban J connectivity index is 1.63. The lowest BCUT2D eigenvalue weighted by Gasteiger charge is -2.60. The number of carbonyl (C=O) groups excluding carboxylic acids is 1. The molecular formula is C23H35N2O3+. The van der Waals surface area contributed by atoms with E-state index in [1.807, 2.05) is 26.0 Å². The number of phenols is 1. The monoisotopic (exact) mass is 387 g/mol. The molecule has 3 aliphatic rings. The molecule has 5 atom stereocenters. The normalized spacial score (nSPS) is 35.0. The van der Waals surface area contributed by atoms with Crippen molar-refractivity contribution >= 4 is 5.97 Å². The summed E-state index contributed by atoms with van der Waals surface area (Å²) in [5, 5.41) is 10.1. The van der Waals surface area contributed by atoms with Crippen LogP contribution in [0.2, 0.25) is 0 Å². The van der Waals surface area contributed by atoms with E-state index in [-0.39, 0.29) is 17.3 Å². The van der Waals surface area contributed by atoms with E-state index >= 15 is 0 Å². The molecule has 2 unspecified atom stereocenters. The number of fused-ring (bicyclic) bond motifs is 1. The van der Waals surface area contributed by atoms with Crippen LogP contribution in [-0.4, -0.2) is 48.0 Å². The predicted molar refractivity (Wildman–Crippen MR) is 109 cm³/mol. The number of aromatic hydroxyl groups is 1. The number of nitrogens with two attached hydrogens (primary N) is 1. The number of hydrogen-bond acceptors (Lipinski definition) is 4. The van der Waals surface area contributed by atoms with Gasteiger partial charge in [-0.25, -0.2) is 0 Å². The van der Waals surface area contributed by atoms with Crippen molar-refractivity contribution in [2.75, 3.05) is 20.3 Å². The molecule has 1 saturated carbocycles. The summed E-state index contributed by atoms with van der Waals surface area (Å²) in [7, 11) is 2.25. The van der Waals surface area contributed by atoms with Gasteiger partial charge in [-0.1, -0.05) is 32.8 Å². The predicted octanol–water partition coefficient (Wildman–Crippen LogP) is 3.08. The molecule has 2 fully saturated rings. The highest BCUT2D eigenvalue weighted by Gasteiger charge is 2.59. The standard InChI is InChI=1S/C23H34N2O3/c1-15(2)21(24)22(27)28-14-25(3)11-10-23-9-5-4-6-18(23)20(25)12-16-7-8-17(26)13-19(16)23/h7-8,13,15,18,20-21H,4-6,9-12,14,24H2,1-3H3/p+1/t18-,20+,21?,23+,25?/m0/s1. The first-order valence-electron chi connectivity index (χ1n) is 10.9. The Kier molecular flexibility index (Phi) is 4.95. The van der Waals surface area contributed by atoms with Gasteiger partial charge in [0.25, 0.3) is 0 Å². The van der Waals surface area contributed by atoms with Gasteiger partial charge in [-0.3, -0.25) is 9.28 Å². The third-order valence-electron chi connectivity index (χ3n) is 7.98. The number of hydrogen-bond donors (Lipinski definition) is 2. The van der Waals surface area contributed by atoms with Crippen molar-refractivity contribution in [2.45, 2.75) is 69.9 Å². The zero-order chi connectivity index (χ0) is 20.1. The molecule has 0 amide bonds. The molecule has 154 valence electrons. The Morgan fingerprint density at radius 1 is 1.36 bits per heavy atom. The summed E-state index contributed by atoms with van der Waals surface area (Å²) in [5.41, 5.74) is 8.94. The second kappa shape index (κ2) is 7.03. The van der Waals surface area contributed by atoms with Gasteiger partial charge in [-0.2, -0.15) is 0 Å². The minimum absolute atomic E-state index is 0.0828. The van der Waals surface area contributed by atoms with Crippen molar-refractivity contribution in [1.29, 1.82) is 0 Å². The number of likely N-dealkylation sites (tertiary alicyclic amines) is 1. The fraction of sp³-hybridized carbons (Fsp3) is 0.696. The van der Waals surface area contributed by atoms with Gasteiger partial charge >= 0.3 is 5.97 Å². The quantitative estimate of drug-likeness (QED) is 0.615. The molecule has 0 spiro atoms. The lowest BCUT2D eigenvalue weighted by molar-refractivity contribution is -0.959. The van der Waals surface area contributed by atoms with Crippen molar-refractivity contribution in [3.8, 4) is 5.75 Å². The molecule has 0 radical (unpaired) electrons. The molecule has 5 heteroatoms. The summed E-state index contributed by atoms with van der Waals surface area (Å²) in [5.74, 6) is 0.775. The molecule has 1 aromatic rings. The van der Waals surface area contributed by atoms with Gasteiger partial charge in [0.2, 0.25) is 6.73 Å². The van der Waals surface area contributed by atoms with E-state index < -0.39 is 6.04 Å². The van der Waals surface area contributed by atoms with Crippen LogP contribution in [0, 0.1) is 11.8 Å². The Labute approximate surface area is 168 Å². The maximum Gasteiger partial charge on any atom is 0.327 e. The third-order valence-corrected chi connectivity index (χ3v) is 7.98. The van der Waals surface area contributed by atoms with Crippen LogP contribution in [0.1, 0.15) is 57.1 Å². The van der Waals surface area contributed by atoms with Crippen LogP contribution in [0.5, 0.6) is 5.75 Å². The molecule has 1 saturated heterocycles. The fourth-order valence-corrected chi connectivity index (χ4v) is 6.20. The molecule has 4 rings (SSSR count). The molecule has 1 heterocycles. The number of rotatable bonds is 4. The average molecular weight is 388 g/mol. The Morgan fingerprint density at radius 2 is 2.14 bits per heavy atom. The highest BCUT2D eigenvalue weighted by Crippen LogP contribution is 2.57. The SMILES string of the molecule is CC(C)C(N)C(=O)OC[N+]1(C)CC[C@]23CCCC[C@H]2[C@H]1Cc1ccc(O)cc13. The van der Waals surface area contributed by atoms with Crippen LogP contribution >= 0.6 is 0 Å². The topological polar surface area (TPSA) is 72.6 Å². The number of phenolic OH excluding ortho intramolecular Hbond substituents is 1. The van der Waals surface area contributed by atoms with E-state index in [9.17, 15) is 9.90 Å². The average Bonchev–Trinajstić information content (AvgIpc) is 2.69. The number of likely N-dealkylation sites (N-methyl/N-ethyl adjacent to an activating group) is 1. The van der Waals surface area contributed by atoms with E-state index in [1.165, 1.54) is 36.8 Å². The number of nitrogens with zero attached hydrogens (tertiary/aromatic N) is 1. The number of quaternary nitrogens is 1. The van der Waals surface area contributed by atoms with Crippen molar-refractivity contribution in [3.63, 3.8) is 0 Å². The van der Waals surface area contributed by atoms with Gasteiger partial charge in [-0.05, 0) is 42.0 Å². The zero-order valence-corrected chi connectivity index (χ0v) is 17.5. The van der Waals surface area contributed by atoms with Crippen LogP contribution in [-0.2, 0) is 21.4 Å². The van der Waals surface area contributed by atoms with Crippen molar-refractivity contribution in [1.82, 2.24) is 0 Å². The Morgan fingerprint density at radius 3 is 2.89 bits per heavy atom. The largest absolute Gasteiger partial charge is 0.508 e. The molecule has 2 bridgehead atoms. The van der Waals surface area contributed by atoms with Gasteiger partial charge in [0.1, 0.15) is 11.8 Å². The lowest BCUT2D eigenvalue weighted by atomic mass is 9.52. The first kappa shape index (κ1) is 19.7. The summed E-state index contributed by atoms with van der Waals surface area (Å²) in [6.07, 6.45) is 7.06. The van der Waals surface area contributed by atoms with Crippen LogP contribution in [0.4, 0.5) is 0 Å². The van der Waals surface area contributed by atoms with Gasteiger partial charge in [0.15, 0.2) is 0 Å². The number of esters is 1. The van der Waals surface area contributed by atoms with E-state index in [2.05, 4.69) is 13.1 Å². The van der Waals surface area contributed by atoms with E-state index in [0.717, 1.165) is 23.9 Å². The van der Waals surface area contributed by atoms with E-state index in [0.29, 0.717) is 24.4 Å². The molecule has 5 nitrogen and oxygen atoms in total. The first-order valence-corrected chi connectivity index (χ1v) is 10.9. The van der Waals surface area contributed by atoms with Gasteiger partial charge in [0, 0.05) is 24.2 Å². The zero-order valence-electron chi connectivity index (χ0n) is 17.5. The molecule has 1 aromatic carbocycles. The first-order chi connectivity index (χ1) is 13.3. The van der Waals surface area contributed by atoms with Crippen LogP contribution in [0.25, 0.3) is 0 Å². The smallest absolute Gasteiger partial charge is 0.327 e. The second-order valence-electron chi connectivity index (χ2n) is 9.94. The lowest BCUT2D eigenvalue weighted by Crippen LogP contribution is -2.69. The van der Waals surface area contributed by atoms with Crippen LogP contribution in [0.15, 0.2) is 18.2 Å². The van der Waals surface area contributed by atoms with Crippen LogP contribution in [0.3, 0.4) is 0 Å². The molecule has 2 aliphatic carbocycles. The fourth-order valence-electron chi connectivity index (χ4n) is 6.20. The maximum absolute atomic E-state index is 12.4. The molecule has 28 heavy (non-hydrogen) atoms. The summed E-state index contributed by atoms with van der Waals surface area (Å²) in [4.78, 5) is 12.4. The number of carbonyl (C=O) groups is 1. The molecule has 0 aromatic heterocycles. The summed E-state index contributed by atoms with van der Waals surface area (Å²) in [6.45, 7) is 5.31. The minimum atomic E-state index is -0.555. The van der Waals surface area contributed by atoms with Crippen molar-refractivity contribution < 1.29 is 19.1 Å². The highest BCUT2D eigenvalue weighted by molar-refractivity contribution is 5.75. The van der Waals surface area contributed by atoms with Gasteiger partial charge < -0.3 is 15.6 Å². The van der Waals surface area contributed by atoms with Gasteiger partial charge in [-0.15, -0.1) is 0 Å². The van der Waals surface area contributed by atoms with Crippen molar-refractivity contribution in [2.24, 2.45) is 17.6 Å².